The third-order valence-electron chi connectivity index (χ3n) is 5.26. The predicted octanol–water partition coefficient (Wildman–Crippen LogP) is 2.12. The van der Waals surface area contributed by atoms with Crippen LogP contribution in [0.1, 0.15) is 31.9 Å². The molecule has 1 fully saturated rings. The molecular weight excluding hydrogens is 362 g/mol. The van der Waals surface area contributed by atoms with Crippen molar-refractivity contribution in [1.82, 2.24) is 34.6 Å². The first-order valence-electron chi connectivity index (χ1n) is 9.34. The Kier molecular flexibility index (Phi) is 4.62. The van der Waals surface area contributed by atoms with Crippen molar-refractivity contribution < 1.29 is 14.6 Å². The maximum atomic E-state index is 10.8. The summed E-state index contributed by atoms with van der Waals surface area (Å²) in [6.07, 6.45) is 4.28. The summed E-state index contributed by atoms with van der Waals surface area (Å²) < 4.78 is 9.92. The molecule has 3 aromatic rings. The van der Waals surface area contributed by atoms with Crippen molar-refractivity contribution in [3.8, 4) is 17.3 Å². The number of carboxylic acid groups (broad SMARTS) is 1. The van der Waals surface area contributed by atoms with E-state index in [4.69, 9.17) is 14.8 Å². The lowest BCUT2D eigenvalue weighted by Crippen LogP contribution is -2.32. The molecule has 1 saturated carbocycles. The molecule has 0 unspecified atom stereocenters. The summed E-state index contributed by atoms with van der Waals surface area (Å²) in [4.78, 5) is 24.2. The van der Waals surface area contributed by atoms with Gasteiger partial charge in [0.2, 0.25) is 5.88 Å². The number of fused-ring (bicyclic) bond motifs is 1. The van der Waals surface area contributed by atoms with Gasteiger partial charge in [-0.2, -0.15) is 10.1 Å². The van der Waals surface area contributed by atoms with Crippen molar-refractivity contribution in [2.45, 2.75) is 51.8 Å². The highest BCUT2D eigenvalue weighted by Crippen LogP contribution is 2.31. The number of amides is 1. The van der Waals surface area contributed by atoms with E-state index in [2.05, 4.69) is 20.4 Å². The van der Waals surface area contributed by atoms with Crippen molar-refractivity contribution in [3.63, 3.8) is 0 Å². The van der Waals surface area contributed by atoms with Crippen LogP contribution in [-0.4, -0.2) is 52.6 Å². The molecule has 0 bridgehead atoms. The average molecular weight is 385 g/mol. The van der Waals surface area contributed by atoms with Crippen LogP contribution in [0.5, 0.6) is 5.88 Å². The molecule has 10 nitrogen and oxygen atoms in total. The lowest BCUT2D eigenvalue weighted by Gasteiger charge is -2.13. The molecule has 1 aliphatic carbocycles. The summed E-state index contributed by atoms with van der Waals surface area (Å²) in [7, 11) is 1.91. The molecule has 0 radical (unpaired) electrons. The van der Waals surface area contributed by atoms with Gasteiger partial charge in [-0.3, -0.25) is 4.68 Å². The molecule has 0 aliphatic heterocycles. The van der Waals surface area contributed by atoms with Crippen molar-refractivity contribution in [2.75, 3.05) is 0 Å². The molecule has 2 atom stereocenters. The number of aryl methyl sites for hydroxylation is 2. The molecule has 10 heteroatoms. The highest BCUT2D eigenvalue weighted by atomic mass is 16.5. The minimum Gasteiger partial charge on any atom is -0.473 e. The maximum absolute atomic E-state index is 10.8. The Hall–Kier alpha value is -3.17. The molecule has 0 spiro atoms. The third-order valence-corrected chi connectivity index (χ3v) is 5.26. The second-order valence-electron chi connectivity index (χ2n) is 7.00. The van der Waals surface area contributed by atoms with E-state index in [-0.39, 0.29) is 12.1 Å². The van der Waals surface area contributed by atoms with Crippen molar-refractivity contribution in [1.29, 1.82) is 0 Å². The van der Waals surface area contributed by atoms with Crippen molar-refractivity contribution in [2.24, 2.45) is 7.05 Å². The fourth-order valence-corrected chi connectivity index (χ4v) is 3.80. The molecule has 3 aromatic heterocycles. The van der Waals surface area contributed by atoms with Crippen LogP contribution < -0.4 is 10.1 Å². The zero-order valence-corrected chi connectivity index (χ0v) is 16.1. The minimum absolute atomic E-state index is 0.0957. The minimum atomic E-state index is -1.01. The van der Waals surface area contributed by atoms with Gasteiger partial charge in [0.05, 0.1) is 11.8 Å². The Labute approximate surface area is 161 Å². The van der Waals surface area contributed by atoms with Crippen LogP contribution in [-0.2, 0) is 13.6 Å². The fourth-order valence-electron chi connectivity index (χ4n) is 3.80. The Balaban J connectivity index is 1.64. The Morgan fingerprint density at radius 2 is 2.21 bits per heavy atom. The number of carbonyl (C=O) groups is 1. The molecule has 1 amide bonds. The van der Waals surface area contributed by atoms with Gasteiger partial charge in [-0.15, -0.1) is 0 Å². The zero-order valence-electron chi connectivity index (χ0n) is 16.1. The molecule has 1 aliphatic rings. The summed E-state index contributed by atoms with van der Waals surface area (Å²) in [6, 6.07) is -0.0957. The van der Waals surface area contributed by atoms with E-state index in [9.17, 15) is 4.79 Å². The van der Waals surface area contributed by atoms with Crippen LogP contribution in [0.2, 0.25) is 0 Å². The van der Waals surface area contributed by atoms with Crippen LogP contribution in [0, 0.1) is 6.92 Å². The quantitative estimate of drug-likeness (QED) is 0.690. The van der Waals surface area contributed by atoms with E-state index in [1.165, 1.54) is 6.33 Å². The van der Waals surface area contributed by atoms with Gasteiger partial charge < -0.3 is 19.7 Å². The summed E-state index contributed by atoms with van der Waals surface area (Å²) >= 11 is 0. The SMILES string of the molecule is CCn1ncc(-c2nc3c(O[C@@H]4CC[C@H](NC(=O)O)C4)ncnc3n2C)c1C. The van der Waals surface area contributed by atoms with Crippen LogP contribution in [0.4, 0.5) is 4.79 Å². The number of nitrogens with zero attached hydrogens (tertiary/aromatic N) is 6. The van der Waals surface area contributed by atoms with E-state index >= 15 is 0 Å². The smallest absolute Gasteiger partial charge is 0.404 e. The number of imidazole rings is 1. The summed E-state index contributed by atoms with van der Waals surface area (Å²) in [5.74, 6) is 1.18. The van der Waals surface area contributed by atoms with Gasteiger partial charge in [0.15, 0.2) is 11.2 Å². The molecule has 148 valence electrons. The first-order chi connectivity index (χ1) is 13.5. The van der Waals surface area contributed by atoms with Crippen LogP contribution in [0.3, 0.4) is 0 Å². The number of ether oxygens (including phenoxy) is 1. The highest BCUT2D eigenvalue weighted by molar-refractivity contribution is 5.81. The molecule has 2 N–H and O–H groups in total. The number of hydrogen-bond acceptors (Lipinski definition) is 6. The number of hydrogen-bond donors (Lipinski definition) is 2. The average Bonchev–Trinajstić information content (AvgIpc) is 3.33. The van der Waals surface area contributed by atoms with Gasteiger partial charge in [-0.05, 0) is 26.7 Å². The van der Waals surface area contributed by atoms with E-state index < -0.39 is 6.09 Å². The van der Waals surface area contributed by atoms with E-state index in [0.29, 0.717) is 23.5 Å². The van der Waals surface area contributed by atoms with E-state index in [1.807, 2.05) is 36.3 Å². The predicted molar refractivity (Wildman–Crippen MR) is 101 cm³/mol. The molecule has 0 aromatic carbocycles. The zero-order chi connectivity index (χ0) is 19.8. The maximum Gasteiger partial charge on any atom is 0.404 e. The van der Waals surface area contributed by atoms with Crippen LogP contribution in [0.25, 0.3) is 22.6 Å². The standard InChI is InChI=1S/C18H23N7O3/c1-4-25-10(2)13(8-21-25)15-23-14-16(24(15)3)19-9-20-17(14)28-12-6-5-11(7-12)22-18(26)27/h8-9,11-12,22H,4-7H2,1-3H3,(H,26,27)/t11-,12+/m0/s1. The van der Waals surface area contributed by atoms with Crippen molar-refractivity contribution in [3.05, 3.63) is 18.2 Å². The van der Waals surface area contributed by atoms with E-state index in [1.54, 1.807) is 0 Å². The van der Waals surface area contributed by atoms with Crippen LogP contribution >= 0.6 is 0 Å². The van der Waals surface area contributed by atoms with Gasteiger partial charge >= 0.3 is 6.09 Å². The second-order valence-corrected chi connectivity index (χ2v) is 7.00. The Bertz CT molecular complexity index is 1030. The second kappa shape index (κ2) is 7.10. The van der Waals surface area contributed by atoms with Gasteiger partial charge in [0.25, 0.3) is 0 Å². The fraction of sp³-hybridized carbons (Fsp3) is 0.500. The Morgan fingerprint density at radius 1 is 1.39 bits per heavy atom. The monoisotopic (exact) mass is 385 g/mol. The number of rotatable bonds is 5. The molecule has 3 heterocycles. The Morgan fingerprint density at radius 3 is 2.93 bits per heavy atom. The van der Waals surface area contributed by atoms with Gasteiger partial charge in [-0.25, -0.2) is 14.8 Å². The third kappa shape index (κ3) is 3.14. The molecule has 4 rings (SSSR count). The van der Waals surface area contributed by atoms with Gasteiger partial charge in [0.1, 0.15) is 18.3 Å². The summed E-state index contributed by atoms with van der Waals surface area (Å²) in [5.41, 5.74) is 3.26. The first-order valence-corrected chi connectivity index (χ1v) is 9.34. The van der Waals surface area contributed by atoms with Gasteiger partial charge in [0, 0.05) is 31.7 Å². The molecule has 0 saturated heterocycles. The summed E-state index contributed by atoms with van der Waals surface area (Å²) in [6.45, 7) is 4.85. The van der Waals surface area contributed by atoms with Crippen LogP contribution in [0.15, 0.2) is 12.5 Å². The highest BCUT2D eigenvalue weighted by Gasteiger charge is 2.29. The molecular formula is C18H23N7O3. The number of aromatic nitrogens is 6. The lowest BCUT2D eigenvalue weighted by atomic mass is 10.2. The van der Waals surface area contributed by atoms with Gasteiger partial charge in [-0.1, -0.05) is 0 Å². The molecule has 28 heavy (non-hydrogen) atoms. The van der Waals surface area contributed by atoms with Crippen molar-refractivity contribution >= 4 is 17.3 Å². The number of nitrogens with one attached hydrogen (secondary N) is 1. The largest absolute Gasteiger partial charge is 0.473 e. The normalized spacial score (nSPS) is 19.2. The topological polar surface area (TPSA) is 120 Å². The first kappa shape index (κ1) is 18.2. The summed E-state index contributed by atoms with van der Waals surface area (Å²) in [5, 5.41) is 15.8. The lowest BCUT2D eigenvalue weighted by molar-refractivity contribution is 0.184. The van der Waals surface area contributed by atoms with E-state index in [0.717, 1.165) is 36.5 Å².